The molecule has 0 bridgehead atoms. The molecule has 0 spiro atoms. The van der Waals surface area contributed by atoms with E-state index in [-0.39, 0.29) is 11.9 Å². The molecule has 1 unspecified atom stereocenters. The van der Waals surface area contributed by atoms with E-state index >= 15 is 0 Å². The molecule has 6 nitrogen and oxygen atoms in total. The van der Waals surface area contributed by atoms with Gasteiger partial charge in [-0.25, -0.2) is 4.98 Å². The Morgan fingerprint density at radius 3 is 3.33 bits per heavy atom. The van der Waals surface area contributed by atoms with Gasteiger partial charge in [0.2, 0.25) is 5.91 Å². The van der Waals surface area contributed by atoms with Crippen LogP contribution in [0.2, 0.25) is 0 Å². The highest BCUT2D eigenvalue weighted by Gasteiger charge is 2.29. The predicted octanol–water partition coefficient (Wildman–Crippen LogP) is -0.327. The van der Waals surface area contributed by atoms with Crippen LogP contribution in [0, 0.1) is 0 Å². The Morgan fingerprint density at radius 2 is 2.39 bits per heavy atom. The lowest BCUT2D eigenvalue weighted by molar-refractivity contribution is -0.133. The number of nitrogens with one attached hydrogen (secondary N) is 2. The zero-order chi connectivity index (χ0) is 12.4. The van der Waals surface area contributed by atoms with Crippen molar-refractivity contribution in [2.24, 2.45) is 0 Å². The van der Waals surface area contributed by atoms with Crippen molar-refractivity contribution in [3.63, 3.8) is 0 Å². The zero-order valence-electron chi connectivity index (χ0n) is 10.3. The van der Waals surface area contributed by atoms with E-state index < -0.39 is 0 Å². The number of H-pyrrole nitrogens is 1. The third kappa shape index (κ3) is 2.26. The van der Waals surface area contributed by atoms with E-state index in [0.29, 0.717) is 26.1 Å². The van der Waals surface area contributed by atoms with E-state index in [1.54, 1.807) is 6.33 Å². The molecule has 1 atom stereocenters. The third-order valence-corrected chi connectivity index (χ3v) is 3.56. The molecular formula is C12H18N4O2. The van der Waals surface area contributed by atoms with Crippen LogP contribution in [0.5, 0.6) is 0 Å². The summed E-state index contributed by atoms with van der Waals surface area (Å²) >= 11 is 0. The molecule has 1 aromatic rings. The van der Waals surface area contributed by atoms with Gasteiger partial charge in [-0.05, 0) is 6.42 Å². The van der Waals surface area contributed by atoms with Gasteiger partial charge in [-0.2, -0.15) is 0 Å². The lowest BCUT2D eigenvalue weighted by Gasteiger charge is -2.28. The van der Waals surface area contributed by atoms with Crippen molar-refractivity contribution in [3.8, 4) is 0 Å². The molecule has 0 radical (unpaired) electrons. The number of amides is 1. The molecule has 1 saturated heterocycles. The van der Waals surface area contributed by atoms with Crippen molar-refractivity contribution < 1.29 is 9.53 Å². The summed E-state index contributed by atoms with van der Waals surface area (Å²) < 4.78 is 5.37. The number of ether oxygens (including phenoxy) is 1. The minimum absolute atomic E-state index is 0.140. The fourth-order valence-corrected chi connectivity index (χ4v) is 2.53. The van der Waals surface area contributed by atoms with E-state index in [1.807, 2.05) is 4.90 Å². The maximum atomic E-state index is 12.4. The molecule has 0 aliphatic carbocycles. The van der Waals surface area contributed by atoms with E-state index in [2.05, 4.69) is 15.3 Å². The Kier molecular flexibility index (Phi) is 3.29. The van der Waals surface area contributed by atoms with Crippen LogP contribution in [0.3, 0.4) is 0 Å². The quantitative estimate of drug-likeness (QED) is 0.716. The molecule has 0 aromatic carbocycles. The van der Waals surface area contributed by atoms with Crippen molar-refractivity contribution in [1.29, 1.82) is 0 Å². The summed E-state index contributed by atoms with van der Waals surface area (Å²) in [5.41, 5.74) is 2.11. The Bertz CT molecular complexity index is 423. The van der Waals surface area contributed by atoms with Crippen LogP contribution in [0.4, 0.5) is 0 Å². The Labute approximate surface area is 106 Å². The molecule has 1 fully saturated rings. The SMILES string of the molecule is O=C(C1Cc2nc[nH]c2CN1)N1CCCOCC1. The minimum Gasteiger partial charge on any atom is -0.380 e. The lowest BCUT2D eigenvalue weighted by atomic mass is 10.0. The van der Waals surface area contributed by atoms with Gasteiger partial charge in [-0.15, -0.1) is 0 Å². The fourth-order valence-electron chi connectivity index (χ4n) is 2.53. The number of imidazole rings is 1. The smallest absolute Gasteiger partial charge is 0.240 e. The van der Waals surface area contributed by atoms with Crippen LogP contribution in [0.1, 0.15) is 17.8 Å². The van der Waals surface area contributed by atoms with Gasteiger partial charge in [-0.3, -0.25) is 10.1 Å². The molecule has 3 heterocycles. The van der Waals surface area contributed by atoms with Gasteiger partial charge < -0.3 is 14.6 Å². The van der Waals surface area contributed by atoms with Crippen molar-refractivity contribution in [1.82, 2.24) is 20.2 Å². The van der Waals surface area contributed by atoms with Crippen LogP contribution in [0.25, 0.3) is 0 Å². The summed E-state index contributed by atoms with van der Waals surface area (Å²) in [5.74, 6) is 0.175. The van der Waals surface area contributed by atoms with Crippen LogP contribution in [-0.2, 0) is 22.5 Å². The predicted molar refractivity (Wildman–Crippen MR) is 64.9 cm³/mol. The lowest BCUT2D eigenvalue weighted by Crippen LogP contribution is -2.50. The fraction of sp³-hybridized carbons (Fsp3) is 0.667. The van der Waals surface area contributed by atoms with Crippen molar-refractivity contribution >= 4 is 5.91 Å². The highest BCUT2D eigenvalue weighted by atomic mass is 16.5. The van der Waals surface area contributed by atoms with Crippen molar-refractivity contribution in [2.45, 2.75) is 25.4 Å². The summed E-state index contributed by atoms with van der Waals surface area (Å²) in [4.78, 5) is 21.7. The number of carbonyl (C=O) groups is 1. The van der Waals surface area contributed by atoms with Gasteiger partial charge in [0.1, 0.15) is 0 Å². The Morgan fingerprint density at radius 1 is 1.44 bits per heavy atom. The molecule has 2 aliphatic heterocycles. The number of aromatic amines is 1. The first kappa shape index (κ1) is 11.7. The summed E-state index contributed by atoms with van der Waals surface area (Å²) in [6, 6.07) is -0.140. The zero-order valence-corrected chi connectivity index (χ0v) is 10.3. The first-order valence-corrected chi connectivity index (χ1v) is 6.45. The number of carbonyl (C=O) groups excluding carboxylic acids is 1. The summed E-state index contributed by atoms with van der Waals surface area (Å²) in [7, 11) is 0. The molecule has 0 saturated carbocycles. The van der Waals surface area contributed by atoms with Gasteiger partial charge in [0.15, 0.2) is 0 Å². The number of nitrogens with zero attached hydrogens (tertiary/aromatic N) is 2. The molecule has 3 rings (SSSR count). The highest BCUT2D eigenvalue weighted by molar-refractivity contribution is 5.82. The van der Waals surface area contributed by atoms with Gasteiger partial charge in [0, 0.05) is 32.7 Å². The van der Waals surface area contributed by atoms with E-state index in [1.165, 1.54) is 0 Å². The van der Waals surface area contributed by atoms with Crippen LogP contribution >= 0.6 is 0 Å². The average molecular weight is 250 g/mol. The second kappa shape index (κ2) is 5.07. The second-order valence-electron chi connectivity index (χ2n) is 4.76. The van der Waals surface area contributed by atoms with Crippen LogP contribution in [-0.4, -0.2) is 53.1 Å². The van der Waals surface area contributed by atoms with Gasteiger partial charge in [0.25, 0.3) is 0 Å². The highest BCUT2D eigenvalue weighted by Crippen LogP contribution is 2.14. The summed E-state index contributed by atoms with van der Waals surface area (Å²) in [5, 5.41) is 3.28. The maximum absolute atomic E-state index is 12.4. The van der Waals surface area contributed by atoms with Crippen molar-refractivity contribution in [2.75, 3.05) is 26.3 Å². The summed E-state index contributed by atoms with van der Waals surface area (Å²) in [6.45, 7) is 3.59. The molecule has 1 aromatic heterocycles. The Hall–Kier alpha value is -1.40. The van der Waals surface area contributed by atoms with E-state index in [0.717, 1.165) is 31.0 Å². The third-order valence-electron chi connectivity index (χ3n) is 3.56. The minimum atomic E-state index is -0.140. The van der Waals surface area contributed by atoms with Crippen LogP contribution in [0.15, 0.2) is 6.33 Å². The molecule has 98 valence electrons. The number of hydrogen-bond acceptors (Lipinski definition) is 4. The van der Waals surface area contributed by atoms with E-state index in [4.69, 9.17) is 4.74 Å². The molecule has 18 heavy (non-hydrogen) atoms. The Balaban J connectivity index is 1.66. The normalized spacial score (nSPS) is 24.4. The first-order chi connectivity index (χ1) is 8.84. The number of hydrogen-bond donors (Lipinski definition) is 2. The number of aromatic nitrogens is 2. The van der Waals surface area contributed by atoms with Gasteiger partial charge in [0.05, 0.1) is 30.4 Å². The standard InChI is InChI=1S/C12H18N4O2/c17-12(16-2-1-4-18-5-3-16)10-6-9-11(7-13-10)15-8-14-9/h8,10,13H,1-7H2,(H,14,15). The molecule has 1 amide bonds. The number of fused-ring (bicyclic) bond motifs is 1. The largest absolute Gasteiger partial charge is 0.380 e. The number of rotatable bonds is 1. The molecule has 2 N–H and O–H groups in total. The van der Waals surface area contributed by atoms with Gasteiger partial charge in [-0.1, -0.05) is 0 Å². The average Bonchev–Trinajstić information content (AvgIpc) is 2.69. The first-order valence-electron chi connectivity index (χ1n) is 6.45. The van der Waals surface area contributed by atoms with Crippen LogP contribution < -0.4 is 5.32 Å². The summed E-state index contributed by atoms with van der Waals surface area (Å²) in [6.07, 6.45) is 3.29. The van der Waals surface area contributed by atoms with E-state index in [9.17, 15) is 4.79 Å². The van der Waals surface area contributed by atoms with Gasteiger partial charge >= 0.3 is 0 Å². The van der Waals surface area contributed by atoms with Crippen molar-refractivity contribution in [3.05, 3.63) is 17.7 Å². The molecular weight excluding hydrogens is 232 g/mol. The molecule has 6 heteroatoms. The maximum Gasteiger partial charge on any atom is 0.240 e. The second-order valence-corrected chi connectivity index (χ2v) is 4.76. The topological polar surface area (TPSA) is 70.2 Å². The molecule has 2 aliphatic rings. The monoisotopic (exact) mass is 250 g/mol.